The van der Waals surface area contributed by atoms with Crippen LogP contribution < -0.4 is 10.6 Å². The Bertz CT molecular complexity index is 532. The van der Waals surface area contributed by atoms with Gasteiger partial charge in [0.25, 0.3) is 5.91 Å². The van der Waals surface area contributed by atoms with Crippen molar-refractivity contribution in [2.24, 2.45) is 0 Å². The average Bonchev–Trinajstić information content (AvgIpc) is 2.45. The normalized spacial score (nSPS) is 10.8. The lowest BCUT2D eigenvalue weighted by Crippen LogP contribution is -2.30. The molecule has 0 unspecified atom stereocenters. The van der Waals surface area contributed by atoms with E-state index in [9.17, 15) is 13.2 Å². The van der Waals surface area contributed by atoms with Gasteiger partial charge in [0.2, 0.25) is 0 Å². The number of nitrogens with one attached hydrogen (secondary N) is 2. The molecule has 1 amide bonds. The second-order valence-corrected chi connectivity index (χ2v) is 6.30. The molecule has 21 heavy (non-hydrogen) atoms. The smallest absolute Gasteiger partial charge is 0.251 e. The van der Waals surface area contributed by atoms with Gasteiger partial charge in [-0.15, -0.1) is 12.4 Å². The predicted molar refractivity (Wildman–Crippen MR) is 83.9 cm³/mol. The first-order chi connectivity index (χ1) is 9.51. The van der Waals surface area contributed by atoms with Crippen molar-refractivity contribution in [3.05, 3.63) is 29.8 Å². The number of methoxy groups -OCH3 is 1. The molecule has 2 N–H and O–H groups in total. The highest BCUT2D eigenvalue weighted by molar-refractivity contribution is 7.91. The van der Waals surface area contributed by atoms with Gasteiger partial charge in [0.1, 0.15) is 0 Å². The molecular formula is C13H21ClN2O4S. The van der Waals surface area contributed by atoms with Crippen LogP contribution >= 0.6 is 12.4 Å². The van der Waals surface area contributed by atoms with Gasteiger partial charge in [0.15, 0.2) is 9.84 Å². The largest absolute Gasteiger partial charge is 0.384 e. The van der Waals surface area contributed by atoms with E-state index in [1.54, 1.807) is 7.05 Å². The van der Waals surface area contributed by atoms with Gasteiger partial charge in [0.05, 0.1) is 17.3 Å². The van der Waals surface area contributed by atoms with Gasteiger partial charge in [0, 0.05) is 25.8 Å². The van der Waals surface area contributed by atoms with Gasteiger partial charge in [-0.05, 0) is 31.3 Å². The number of halogens is 1. The number of likely N-dealkylation sites (N-methyl/N-ethyl adjacent to an activating group) is 1. The lowest BCUT2D eigenvalue weighted by molar-refractivity contribution is 0.0954. The number of rotatable bonds is 8. The fourth-order valence-electron chi connectivity index (χ4n) is 1.53. The Hall–Kier alpha value is -1.15. The summed E-state index contributed by atoms with van der Waals surface area (Å²) < 4.78 is 28.6. The molecule has 0 aliphatic rings. The second kappa shape index (κ2) is 9.73. The van der Waals surface area contributed by atoms with E-state index >= 15 is 0 Å². The molecule has 0 atom stereocenters. The number of hydrogen-bond acceptors (Lipinski definition) is 5. The highest BCUT2D eigenvalue weighted by atomic mass is 35.5. The third kappa shape index (κ3) is 6.43. The van der Waals surface area contributed by atoms with Crippen molar-refractivity contribution >= 4 is 28.2 Å². The van der Waals surface area contributed by atoms with Gasteiger partial charge in [-0.3, -0.25) is 4.79 Å². The first-order valence-electron chi connectivity index (χ1n) is 6.26. The zero-order chi connectivity index (χ0) is 15.0. The second-order valence-electron chi connectivity index (χ2n) is 4.20. The number of amides is 1. The minimum atomic E-state index is -3.35. The number of carbonyl (C=O) groups is 1. The molecule has 0 fully saturated rings. The van der Waals surface area contributed by atoms with Gasteiger partial charge in [-0.1, -0.05) is 0 Å². The van der Waals surface area contributed by atoms with Crippen molar-refractivity contribution in [2.45, 2.75) is 4.90 Å². The third-order valence-corrected chi connectivity index (χ3v) is 4.39. The van der Waals surface area contributed by atoms with Crippen LogP contribution in [0.1, 0.15) is 10.4 Å². The number of hydrogen-bond donors (Lipinski definition) is 2. The van der Waals surface area contributed by atoms with Crippen molar-refractivity contribution in [3.8, 4) is 0 Å². The Morgan fingerprint density at radius 2 is 1.81 bits per heavy atom. The van der Waals surface area contributed by atoms with Gasteiger partial charge in [-0.25, -0.2) is 8.42 Å². The zero-order valence-corrected chi connectivity index (χ0v) is 13.7. The van der Waals surface area contributed by atoms with Crippen molar-refractivity contribution < 1.29 is 17.9 Å². The summed E-state index contributed by atoms with van der Waals surface area (Å²) in [5.74, 6) is -0.293. The lowest BCUT2D eigenvalue weighted by Gasteiger charge is -2.07. The topological polar surface area (TPSA) is 84.5 Å². The average molecular weight is 337 g/mol. The van der Waals surface area contributed by atoms with E-state index in [1.807, 2.05) is 0 Å². The number of ether oxygens (including phenoxy) is 1. The summed E-state index contributed by atoms with van der Waals surface area (Å²) in [7, 11) is -0.103. The summed E-state index contributed by atoms with van der Waals surface area (Å²) in [5.41, 5.74) is 0.437. The monoisotopic (exact) mass is 336 g/mol. The molecule has 0 spiro atoms. The quantitative estimate of drug-likeness (QED) is 0.674. The van der Waals surface area contributed by atoms with E-state index in [4.69, 9.17) is 4.74 Å². The zero-order valence-electron chi connectivity index (χ0n) is 12.1. The van der Waals surface area contributed by atoms with Crippen LogP contribution in [0.4, 0.5) is 0 Å². The van der Waals surface area contributed by atoms with E-state index in [0.717, 1.165) is 0 Å². The molecule has 0 aromatic heterocycles. The van der Waals surface area contributed by atoms with Crippen molar-refractivity contribution in [1.82, 2.24) is 10.6 Å². The molecule has 0 bridgehead atoms. The van der Waals surface area contributed by atoms with Crippen LogP contribution in [0.3, 0.4) is 0 Å². The molecule has 120 valence electrons. The summed E-state index contributed by atoms with van der Waals surface area (Å²) in [6.45, 7) is 1.34. The van der Waals surface area contributed by atoms with Crippen LogP contribution in [-0.2, 0) is 14.6 Å². The number of sulfone groups is 1. The number of carbonyl (C=O) groups excluding carboxylic acids is 1. The molecule has 0 heterocycles. The molecule has 0 radical (unpaired) electrons. The maximum atomic E-state index is 11.9. The van der Waals surface area contributed by atoms with Crippen LogP contribution in [0.25, 0.3) is 0 Å². The van der Waals surface area contributed by atoms with Crippen molar-refractivity contribution in [3.63, 3.8) is 0 Å². The van der Waals surface area contributed by atoms with Crippen LogP contribution in [-0.4, -0.2) is 53.9 Å². The van der Waals surface area contributed by atoms with Crippen molar-refractivity contribution in [1.29, 1.82) is 0 Å². The lowest BCUT2D eigenvalue weighted by atomic mass is 10.2. The van der Waals surface area contributed by atoms with Gasteiger partial charge in [-0.2, -0.15) is 0 Å². The third-order valence-electron chi connectivity index (χ3n) is 2.69. The van der Waals surface area contributed by atoms with Gasteiger partial charge >= 0.3 is 0 Å². The molecule has 1 aromatic carbocycles. The summed E-state index contributed by atoms with van der Waals surface area (Å²) in [4.78, 5) is 11.9. The first kappa shape index (κ1) is 19.9. The van der Waals surface area contributed by atoms with E-state index in [2.05, 4.69) is 10.6 Å². The van der Waals surface area contributed by atoms with Gasteiger partial charge < -0.3 is 15.4 Å². The molecule has 1 aromatic rings. The summed E-state index contributed by atoms with van der Waals surface area (Å²) in [6, 6.07) is 5.90. The molecule has 6 nitrogen and oxygen atoms in total. The molecule has 8 heteroatoms. The van der Waals surface area contributed by atoms with Crippen LogP contribution in [0.2, 0.25) is 0 Å². The fourth-order valence-corrected chi connectivity index (χ4v) is 2.70. The summed E-state index contributed by atoms with van der Waals surface area (Å²) in [6.07, 6.45) is 0. The highest BCUT2D eigenvalue weighted by Gasteiger charge is 2.14. The molecular weight excluding hydrogens is 316 g/mol. The van der Waals surface area contributed by atoms with E-state index in [0.29, 0.717) is 18.7 Å². The molecule has 0 aliphatic heterocycles. The molecule has 1 rings (SSSR count). The Balaban J connectivity index is 0.00000400. The molecule has 0 saturated carbocycles. The predicted octanol–water partition coefficient (Wildman–Crippen LogP) is 0.478. The van der Waals surface area contributed by atoms with E-state index < -0.39 is 9.84 Å². The van der Waals surface area contributed by atoms with Crippen LogP contribution in [0.15, 0.2) is 29.2 Å². The Morgan fingerprint density at radius 3 is 2.33 bits per heavy atom. The van der Waals surface area contributed by atoms with E-state index in [1.165, 1.54) is 31.4 Å². The minimum absolute atomic E-state index is 0. The van der Waals surface area contributed by atoms with E-state index in [-0.39, 0.29) is 35.6 Å². The Morgan fingerprint density at radius 1 is 1.19 bits per heavy atom. The van der Waals surface area contributed by atoms with Crippen LogP contribution in [0, 0.1) is 0 Å². The maximum absolute atomic E-state index is 11.9. The fraction of sp³-hybridized carbons (Fsp3) is 0.462. The molecule has 0 aliphatic carbocycles. The summed E-state index contributed by atoms with van der Waals surface area (Å²) in [5, 5.41) is 5.64. The minimum Gasteiger partial charge on any atom is -0.384 e. The standard InChI is InChI=1S/C13H20N2O4S.ClH/c1-14-7-8-15-13(16)11-3-5-12(6-4-11)20(17,18)10-9-19-2;/h3-6,14H,7-10H2,1-2H3,(H,15,16);1H. The Labute approximate surface area is 131 Å². The first-order valence-corrected chi connectivity index (χ1v) is 7.91. The van der Waals surface area contributed by atoms with Crippen LogP contribution in [0.5, 0.6) is 0 Å². The molecule has 0 saturated heterocycles. The maximum Gasteiger partial charge on any atom is 0.251 e. The highest BCUT2D eigenvalue weighted by Crippen LogP contribution is 2.12. The number of benzene rings is 1. The van der Waals surface area contributed by atoms with Crippen molar-refractivity contribution in [2.75, 3.05) is 39.6 Å². The summed E-state index contributed by atoms with van der Waals surface area (Å²) >= 11 is 0. The SMILES string of the molecule is CNCCNC(=O)c1ccc(S(=O)(=O)CCOC)cc1.Cl. The Kier molecular flexibility index (Phi) is 9.19.